The number of hydrogen-bond acceptors (Lipinski definition) is 6. The number of likely N-dealkylation sites (tertiary alicyclic amines) is 1. The molecular formula is C24H22BrN5O3. The van der Waals surface area contributed by atoms with E-state index < -0.39 is 5.91 Å². The number of carbonyl (C=O) groups is 1. The van der Waals surface area contributed by atoms with E-state index in [-0.39, 0.29) is 23.4 Å². The van der Waals surface area contributed by atoms with Crippen LogP contribution in [0.1, 0.15) is 41.4 Å². The van der Waals surface area contributed by atoms with Gasteiger partial charge >= 0.3 is 5.91 Å². The summed E-state index contributed by atoms with van der Waals surface area (Å²) in [5.41, 5.74) is 2.23. The minimum Gasteiger partial charge on any atom is -0.493 e. The van der Waals surface area contributed by atoms with E-state index in [1.165, 1.54) is 17.9 Å². The highest BCUT2D eigenvalue weighted by Gasteiger charge is 2.27. The Morgan fingerprint density at radius 1 is 1.24 bits per heavy atom. The Bertz CT molecular complexity index is 1300. The highest BCUT2D eigenvalue weighted by molar-refractivity contribution is 9.10. The first-order valence-corrected chi connectivity index (χ1v) is 11.6. The molecule has 1 fully saturated rings. The topological polar surface area (TPSA) is 96.2 Å². The van der Waals surface area contributed by atoms with Crippen molar-refractivity contribution in [2.45, 2.75) is 32.0 Å². The van der Waals surface area contributed by atoms with Crippen molar-refractivity contribution >= 4 is 38.4 Å². The first-order chi connectivity index (χ1) is 16.1. The van der Waals surface area contributed by atoms with Crippen LogP contribution in [0, 0.1) is 0 Å². The zero-order valence-corrected chi connectivity index (χ0v) is 19.4. The molecular weight excluding hydrogens is 486 g/mol. The number of rotatable bonds is 5. The van der Waals surface area contributed by atoms with Crippen molar-refractivity contribution in [3.05, 3.63) is 76.9 Å². The van der Waals surface area contributed by atoms with Crippen molar-refractivity contribution in [1.82, 2.24) is 14.5 Å². The summed E-state index contributed by atoms with van der Waals surface area (Å²) in [4.78, 5) is 18.9. The van der Waals surface area contributed by atoms with Crippen molar-refractivity contribution in [1.29, 1.82) is 0 Å². The van der Waals surface area contributed by atoms with Crippen LogP contribution in [0.25, 0.3) is 10.9 Å². The number of aromatic nitrogens is 2. The molecule has 3 aromatic heterocycles. The lowest BCUT2D eigenvalue weighted by atomic mass is 9.97. The molecule has 1 saturated heterocycles. The van der Waals surface area contributed by atoms with E-state index in [4.69, 9.17) is 4.42 Å². The Balaban J connectivity index is 1.52. The van der Waals surface area contributed by atoms with Crippen LogP contribution in [0.2, 0.25) is 0 Å². The fraction of sp³-hybridized carbons (Fsp3) is 0.250. The van der Waals surface area contributed by atoms with Gasteiger partial charge in [0, 0.05) is 34.8 Å². The Morgan fingerprint density at radius 3 is 2.94 bits per heavy atom. The third-order valence-corrected chi connectivity index (χ3v) is 6.44. The summed E-state index contributed by atoms with van der Waals surface area (Å²) in [6.45, 7) is 1.38. The van der Waals surface area contributed by atoms with Gasteiger partial charge in [0.15, 0.2) is 11.4 Å². The average Bonchev–Trinajstić information content (AvgIpc) is 3.46. The Hall–Kier alpha value is -3.30. The highest BCUT2D eigenvalue weighted by atomic mass is 79.9. The SMILES string of the molecule is O=C(N=Nc1c(O)n(CN2CCCC[C@@H]2c2cccnc2)c2ccc(Br)cc12)c1ccco1. The molecule has 1 atom stereocenters. The Labute approximate surface area is 198 Å². The number of benzene rings is 1. The van der Waals surface area contributed by atoms with Crippen LogP contribution in [0.3, 0.4) is 0 Å². The van der Waals surface area contributed by atoms with Crippen LogP contribution in [0.5, 0.6) is 5.88 Å². The normalized spacial score (nSPS) is 17.2. The number of hydrogen-bond donors (Lipinski definition) is 1. The number of aromatic hydroxyl groups is 1. The number of azo groups is 1. The van der Waals surface area contributed by atoms with Gasteiger partial charge in [-0.1, -0.05) is 28.4 Å². The number of fused-ring (bicyclic) bond motifs is 1. The molecule has 8 nitrogen and oxygen atoms in total. The number of pyridine rings is 1. The van der Waals surface area contributed by atoms with Crippen molar-refractivity contribution in [2.75, 3.05) is 6.54 Å². The van der Waals surface area contributed by atoms with Crippen LogP contribution in [0.15, 0.2) is 80.2 Å². The van der Waals surface area contributed by atoms with E-state index in [1.54, 1.807) is 12.3 Å². The molecule has 0 bridgehead atoms. The molecule has 168 valence electrons. The van der Waals surface area contributed by atoms with E-state index >= 15 is 0 Å². The molecule has 0 unspecified atom stereocenters. The third kappa shape index (κ3) is 4.34. The van der Waals surface area contributed by atoms with Crippen LogP contribution in [-0.4, -0.2) is 32.0 Å². The average molecular weight is 508 g/mol. The fourth-order valence-electron chi connectivity index (χ4n) is 4.37. The second kappa shape index (κ2) is 9.29. The van der Waals surface area contributed by atoms with Gasteiger partial charge in [-0.3, -0.25) is 19.2 Å². The first-order valence-electron chi connectivity index (χ1n) is 10.8. The molecule has 1 aliphatic heterocycles. The third-order valence-electron chi connectivity index (χ3n) is 5.95. The molecule has 9 heteroatoms. The van der Waals surface area contributed by atoms with E-state index in [1.807, 2.05) is 35.0 Å². The van der Waals surface area contributed by atoms with Gasteiger partial charge in [0.1, 0.15) is 0 Å². The molecule has 0 aliphatic carbocycles. The highest BCUT2D eigenvalue weighted by Crippen LogP contribution is 2.41. The maximum atomic E-state index is 12.3. The predicted octanol–water partition coefficient (Wildman–Crippen LogP) is 6.21. The smallest absolute Gasteiger partial charge is 0.331 e. The lowest BCUT2D eigenvalue weighted by molar-refractivity contribution is 0.0968. The molecule has 1 N–H and O–H groups in total. The molecule has 0 spiro atoms. The molecule has 1 amide bonds. The van der Waals surface area contributed by atoms with Crippen molar-refractivity contribution in [2.24, 2.45) is 10.2 Å². The molecule has 0 radical (unpaired) electrons. The summed E-state index contributed by atoms with van der Waals surface area (Å²) in [6.07, 6.45) is 8.36. The van der Waals surface area contributed by atoms with E-state index in [0.29, 0.717) is 12.1 Å². The lowest BCUT2D eigenvalue weighted by Gasteiger charge is -2.36. The quantitative estimate of drug-likeness (QED) is 0.324. The summed E-state index contributed by atoms with van der Waals surface area (Å²) in [7, 11) is 0. The molecule has 1 aromatic carbocycles. The van der Waals surface area contributed by atoms with Gasteiger partial charge in [0.2, 0.25) is 5.88 Å². The van der Waals surface area contributed by atoms with E-state index in [2.05, 4.69) is 42.1 Å². The largest absolute Gasteiger partial charge is 0.493 e. The number of halogens is 1. The van der Waals surface area contributed by atoms with Crippen molar-refractivity contribution in [3.8, 4) is 5.88 Å². The molecule has 4 aromatic rings. The van der Waals surface area contributed by atoms with Gasteiger partial charge in [0.05, 0.1) is 18.4 Å². The molecule has 4 heterocycles. The summed E-state index contributed by atoms with van der Waals surface area (Å²) in [5, 5.41) is 19.8. The summed E-state index contributed by atoms with van der Waals surface area (Å²) in [6, 6.07) is 13.1. The Kier molecular flexibility index (Phi) is 6.06. The van der Waals surface area contributed by atoms with Crippen LogP contribution in [0.4, 0.5) is 5.69 Å². The van der Waals surface area contributed by atoms with Crippen molar-refractivity contribution in [3.63, 3.8) is 0 Å². The monoisotopic (exact) mass is 507 g/mol. The van der Waals surface area contributed by atoms with Crippen molar-refractivity contribution < 1.29 is 14.3 Å². The number of furan rings is 1. The minimum atomic E-state index is -0.608. The van der Waals surface area contributed by atoms with Gasteiger partial charge in [-0.15, -0.1) is 10.2 Å². The number of nitrogens with zero attached hydrogens (tertiary/aromatic N) is 5. The second-order valence-electron chi connectivity index (χ2n) is 8.00. The van der Waals surface area contributed by atoms with Gasteiger partial charge in [0.25, 0.3) is 0 Å². The maximum Gasteiger partial charge on any atom is 0.331 e. The number of carbonyl (C=O) groups excluding carboxylic acids is 1. The van der Waals surface area contributed by atoms with Gasteiger partial charge < -0.3 is 9.52 Å². The zero-order valence-electron chi connectivity index (χ0n) is 17.8. The number of amides is 1. The Morgan fingerprint density at radius 2 is 2.15 bits per heavy atom. The maximum absolute atomic E-state index is 12.3. The summed E-state index contributed by atoms with van der Waals surface area (Å²) in [5.74, 6) is -0.548. The summed E-state index contributed by atoms with van der Waals surface area (Å²) < 4.78 is 7.75. The van der Waals surface area contributed by atoms with Gasteiger partial charge in [-0.05, 0) is 54.8 Å². The first kappa shape index (κ1) is 21.5. The number of piperidine rings is 1. The molecule has 5 rings (SSSR count). The van der Waals surface area contributed by atoms with E-state index in [9.17, 15) is 9.90 Å². The van der Waals surface area contributed by atoms with Gasteiger partial charge in [-0.2, -0.15) is 0 Å². The predicted molar refractivity (Wildman–Crippen MR) is 126 cm³/mol. The van der Waals surface area contributed by atoms with Crippen LogP contribution in [-0.2, 0) is 6.67 Å². The minimum absolute atomic E-state index is 0.0328. The summed E-state index contributed by atoms with van der Waals surface area (Å²) >= 11 is 3.49. The lowest BCUT2D eigenvalue weighted by Crippen LogP contribution is -2.34. The van der Waals surface area contributed by atoms with Crippen LogP contribution < -0.4 is 0 Å². The van der Waals surface area contributed by atoms with Crippen LogP contribution >= 0.6 is 15.9 Å². The molecule has 1 aliphatic rings. The van der Waals surface area contributed by atoms with Gasteiger partial charge in [-0.25, -0.2) is 0 Å². The fourth-order valence-corrected chi connectivity index (χ4v) is 4.74. The molecule has 33 heavy (non-hydrogen) atoms. The zero-order chi connectivity index (χ0) is 22.8. The second-order valence-corrected chi connectivity index (χ2v) is 8.91. The molecule has 0 saturated carbocycles. The van der Waals surface area contributed by atoms with E-state index in [0.717, 1.165) is 35.8 Å². The standard InChI is InChI=1S/C24H22BrN5O3/c25-17-8-9-20-18(13-17)22(27-28-23(31)21-7-4-12-33-21)24(32)30(20)15-29-11-2-1-6-19(29)16-5-3-10-26-14-16/h3-5,7-10,12-14,19,32H,1-2,6,11,15H2/t19-/m1/s1.